The molecule has 0 fully saturated rings. The van der Waals surface area contributed by atoms with Crippen LogP contribution in [0.15, 0.2) is 12.3 Å². The van der Waals surface area contributed by atoms with Crippen LogP contribution < -0.4 is 10.5 Å². The Morgan fingerprint density at radius 1 is 1.68 bits per heavy atom. The second-order valence-corrected chi connectivity index (χ2v) is 5.14. The molecular formula is C14H21N3O4S. The van der Waals surface area contributed by atoms with E-state index < -0.39 is 12.0 Å². The number of terminal acetylenes is 1. The highest BCUT2D eigenvalue weighted by molar-refractivity contribution is 7.99. The van der Waals surface area contributed by atoms with Gasteiger partial charge in [-0.2, -0.15) is 16.9 Å². The lowest BCUT2D eigenvalue weighted by Gasteiger charge is -2.11. The summed E-state index contributed by atoms with van der Waals surface area (Å²) in [6, 6.07) is 1.06. The number of ether oxygens (including phenoxy) is 2. The summed E-state index contributed by atoms with van der Waals surface area (Å²) in [5.41, 5.74) is 5.43. The summed E-state index contributed by atoms with van der Waals surface area (Å²) in [7, 11) is 3.07. The van der Waals surface area contributed by atoms with Crippen LogP contribution in [0.4, 0.5) is 0 Å². The van der Waals surface area contributed by atoms with Crippen LogP contribution in [-0.4, -0.2) is 53.3 Å². The third-order valence-electron chi connectivity index (χ3n) is 2.52. The fraction of sp³-hybridized carbons (Fsp3) is 0.500. The molecule has 0 aliphatic carbocycles. The van der Waals surface area contributed by atoms with Crippen molar-refractivity contribution in [2.75, 3.05) is 20.0 Å². The van der Waals surface area contributed by atoms with Gasteiger partial charge in [0.1, 0.15) is 12.3 Å². The van der Waals surface area contributed by atoms with Crippen molar-refractivity contribution in [3.8, 4) is 18.2 Å². The van der Waals surface area contributed by atoms with Crippen molar-refractivity contribution in [3.63, 3.8) is 0 Å². The Hall–Kier alpha value is -1.98. The number of hydrogen-bond donors (Lipinski definition) is 1. The first-order valence-electron chi connectivity index (χ1n) is 6.35. The van der Waals surface area contributed by atoms with Gasteiger partial charge in [-0.1, -0.05) is 5.92 Å². The maximum absolute atomic E-state index is 10.8. The van der Waals surface area contributed by atoms with Crippen molar-refractivity contribution in [3.05, 3.63) is 12.3 Å². The lowest BCUT2D eigenvalue weighted by molar-refractivity contribution is -0.142. The first-order chi connectivity index (χ1) is 10.5. The summed E-state index contributed by atoms with van der Waals surface area (Å²) in [6.45, 7) is 0.291. The van der Waals surface area contributed by atoms with E-state index in [2.05, 4.69) is 15.8 Å². The number of carbonyl (C=O) groups is 2. The number of esters is 1. The van der Waals surface area contributed by atoms with Crippen LogP contribution in [0.1, 0.15) is 6.42 Å². The molecule has 2 N–H and O–H groups in total. The number of hydrogen-bond acceptors (Lipinski definition) is 7. The fourth-order valence-electron chi connectivity index (χ4n) is 1.32. The zero-order valence-corrected chi connectivity index (χ0v) is 13.7. The largest absolute Gasteiger partial charge is 0.468 e. The van der Waals surface area contributed by atoms with Gasteiger partial charge in [-0.3, -0.25) is 4.79 Å². The van der Waals surface area contributed by atoms with E-state index in [-0.39, 0.29) is 5.25 Å². The molecule has 0 radical (unpaired) electrons. The molecule has 0 bridgehead atoms. The Balaban J connectivity index is 0.000000406. The van der Waals surface area contributed by atoms with Crippen LogP contribution in [0.5, 0.6) is 5.88 Å². The number of nitrogens with zero attached hydrogens (tertiary/aromatic N) is 2. The molecule has 2 unspecified atom stereocenters. The SMILES string of the molecule is C#CCOc1ccnn1C.COC(=O)C(N)CC(C=O)SC. The van der Waals surface area contributed by atoms with Crippen molar-refractivity contribution >= 4 is 24.0 Å². The molecule has 0 aliphatic rings. The molecule has 1 aromatic heterocycles. The van der Waals surface area contributed by atoms with Crippen LogP contribution in [0.2, 0.25) is 0 Å². The van der Waals surface area contributed by atoms with Gasteiger partial charge < -0.3 is 20.0 Å². The highest BCUT2D eigenvalue weighted by atomic mass is 32.2. The average Bonchev–Trinajstić information content (AvgIpc) is 2.95. The maximum Gasteiger partial charge on any atom is 0.322 e. The van der Waals surface area contributed by atoms with Gasteiger partial charge >= 0.3 is 5.97 Å². The molecular weight excluding hydrogens is 306 g/mol. The molecule has 22 heavy (non-hydrogen) atoms. The van der Waals surface area contributed by atoms with Crippen LogP contribution >= 0.6 is 11.8 Å². The molecule has 2 atom stereocenters. The van der Waals surface area contributed by atoms with Crippen molar-refractivity contribution in [2.45, 2.75) is 17.7 Å². The van der Waals surface area contributed by atoms with E-state index in [1.54, 1.807) is 30.2 Å². The second-order valence-electron chi connectivity index (χ2n) is 4.06. The Kier molecular flexibility index (Phi) is 10.6. The highest BCUT2D eigenvalue weighted by Gasteiger charge is 2.18. The Bertz CT molecular complexity index is 499. The molecule has 0 saturated carbocycles. The number of nitrogens with two attached hydrogens (primary N) is 1. The maximum atomic E-state index is 10.8. The molecule has 1 rings (SSSR count). The second kappa shape index (κ2) is 11.7. The van der Waals surface area contributed by atoms with Crippen LogP contribution in [0.25, 0.3) is 0 Å². The lowest BCUT2D eigenvalue weighted by Crippen LogP contribution is -2.34. The van der Waals surface area contributed by atoms with E-state index in [0.717, 1.165) is 6.29 Å². The number of aryl methyl sites for hydroxylation is 1. The highest BCUT2D eigenvalue weighted by Crippen LogP contribution is 2.10. The molecule has 1 aromatic rings. The van der Waals surface area contributed by atoms with Gasteiger partial charge in [0.25, 0.3) is 0 Å². The molecule has 0 saturated heterocycles. The minimum absolute atomic E-state index is 0.223. The van der Waals surface area contributed by atoms with Crippen molar-refractivity contribution in [1.29, 1.82) is 0 Å². The molecule has 0 aliphatic heterocycles. The van der Waals surface area contributed by atoms with Gasteiger partial charge in [-0.25, -0.2) is 4.68 Å². The van der Waals surface area contributed by atoms with E-state index in [1.807, 2.05) is 0 Å². The third-order valence-corrected chi connectivity index (χ3v) is 3.43. The van der Waals surface area contributed by atoms with Gasteiger partial charge in [-0.05, 0) is 12.7 Å². The van der Waals surface area contributed by atoms with E-state index in [0.29, 0.717) is 18.9 Å². The van der Waals surface area contributed by atoms with Crippen molar-refractivity contribution in [1.82, 2.24) is 9.78 Å². The summed E-state index contributed by atoms with van der Waals surface area (Å²) >= 11 is 1.37. The topological polar surface area (TPSA) is 96.4 Å². The van der Waals surface area contributed by atoms with Gasteiger partial charge in [0.2, 0.25) is 5.88 Å². The predicted octanol–water partition coefficient (Wildman–Crippen LogP) is 0.239. The first-order valence-corrected chi connectivity index (χ1v) is 7.64. The summed E-state index contributed by atoms with van der Waals surface area (Å²) in [5, 5.41) is 3.67. The zero-order valence-electron chi connectivity index (χ0n) is 12.9. The predicted molar refractivity (Wildman–Crippen MR) is 85.5 cm³/mol. The van der Waals surface area contributed by atoms with E-state index in [9.17, 15) is 9.59 Å². The summed E-state index contributed by atoms with van der Waals surface area (Å²) in [6.07, 6.45) is 9.56. The smallest absolute Gasteiger partial charge is 0.322 e. The third kappa shape index (κ3) is 7.71. The number of methoxy groups -OCH3 is 1. The van der Waals surface area contributed by atoms with E-state index >= 15 is 0 Å². The van der Waals surface area contributed by atoms with Crippen molar-refractivity contribution in [2.24, 2.45) is 12.8 Å². The number of carbonyl (C=O) groups excluding carboxylic acids is 2. The molecule has 1 heterocycles. The molecule has 0 spiro atoms. The van der Waals surface area contributed by atoms with Gasteiger partial charge in [0.05, 0.1) is 18.6 Å². The number of rotatable bonds is 7. The van der Waals surface area contributed by atoms with Gasteiger partial charge in [0, 0.05) is 13.1 Å². The fourth-order valence-corrected chi connectivity index (χ4v) is 1.84. The average molecular weight is 327 g/mol. The van der Waals surface area contributed by atoms with Gasteiger partial charge in [-0.15, -0.1) is 6.42 Å². The first kappa shape index (κ1) is 20.0. The zero-order chi connectivity index (χ0) is 17.0. The summed E-state index contributed by atoms with van der Waals surface area (Å²) < 4.78 is 11.1. The molecule has 7 nitrogen and oxygen atoms in total. The van der Waals surface area contributed by atoms with E-state index in [1.165, 1.54) is 18.9 Å². The normalized spacial score (nSPS) is 12.1. The summed E-state index contributed by atoms with van der Waals surface area (Å²) in [5.74, 6) is 2.59. The standard InChI is InChI=1S/C7H8N2O.C7H13NO3S/c1-3-6-10-7-4-5-8-9(7)2;1-11-7(10)6(8)3-5(4-9)12-2/h1,4-5H,6H2,2H3;4-6H,3,8H2,1-2H3. The molecule has 0 amide bonds. The van der Waals surface area contributed by atoms with Gasteiger partial charge in [0.15, 0.2) is 6.61 Å². The number of aldehydes is 1. The Labute approximate surface area is 134 Å². The number of thioether (sulfide) groups is 1. The molecule has 0 aromatic carbocycles. The quantitative estimate of drug-likeness (QED) is 0.435. The monoisotopic (exact) mass is 327 g/mol. The Morgan fingerprint density at radius 2 is 2.36 bits per heavy atom. The summed E-state index contributed by atoms with van der Waals surface area (Å²) in [4.78, 5) is 21.2. The van der Waals surface area contributed by atoms with Crippen LogP contribution in [0, 0.1) is 12.3 Å². The van der Waals surface area contributed by atoms with E-state index in [4.69, 9.17) is 16.9 Å². The molecule has 8 heteroatoms. The van der Waals surface area contributed by atoms with Crippen molar-refractivity contribution < 1.29 is 19.1 Å². The lowest BCUT2D eigenvalue weighted by atomic mass is 10.2. The number of aromatic nitrogens is 2. The molecule has 122 valence electrons. The Morgan fingerprint density at radius 3 is 2.77 bits per heavy atom. The minimum atomic E-state index is -0.697. The van der Waals surface area contributed by atoms with Crippen LogP contribution in [0.3, 0.4) is 0 Å². The minimum Gasteiger partial charge on any atom is -0.468 e. The van der Waals surface area contributed by atoms with Crippen LogP contribution in [-0.2, 0) is 21.4 Å².